The number of amides is 2. The van der Waals surface area contributed by atoms with Gasteiger partial charge in [-0.25, -0.2) is 0 Å². The van der Waals surface area contributed by atoms with E-state index in [1.54, 1.807) is 31.2 Å². The maximum Gasteiger partial charge on any atom is 0.305 e. The Bertz CT molecular complexity index is 560. The molecule has 7 heteroatoms. The minimum Gasteiger partial charge on any atom is -0.481 e. The molecule has 0 aromatic heterocycles. The van der Waals surface area contributed by atoms with Crippen LogP contribution in [0.4, 0.5) is 0 Å². The molecule has 0 aliphatic heterocycles. The topological polar surface area (TPSA) is 86.7 Å². The summed E-state index contributed by atoms with van der Waals surface area (Å²) in [5.74, 6) is -1.40. The number of hydrogen-bond donors (Lipinski definition) is 2. The summed E-state index contributed by atoms with van der Waals surface area (Å²) in [6.45, 7) is 3.74. The number of carboxylic acid groups (broad SMARTS) is 1. The molecule has 0 fully saturated rings. The van der Waals surface area contributed by atoms with Crippen molar-refractivity contribution in [2.45, 2.75) is 32.7 Å². The third kappa shape index (κ3) is 6.69. The zero-order chi connectivity index (χ0) is 17.4. The van der Waals surface area contributed by atoms with Crippen LogP contribution in [0.25, 0.3) is 0 Å². The minimum atomic E-state index is -0.952. The van der Waals surface area contributed by atoms with Crippen LogP contribution in [-0.4, -0.2) is 40.9 Å². The van der Waals surface area contributed by atoms with Crippen molar-refractivity contribution in [2.75, 3.05) is 13.1 Å². The van der Waals surface area contributed by atoms with Gasteiger partial charge >= 0.3 is 5.97 Å². The molecular weight excluding hydrogens is 320 g/mol. The maximum atomic E-state index is 12.4. The summed E-state index contributed by atoms with van der Waals surface area (Å²) in [5.41, 5.74) is 0.771. The molecule has 1 atom stereocenters. The molecule has 1 unspecified atom stereocenters. The molecule has 1 aromatic carbocycles. The fraction of sp³-hybridized carbons (Fsp3) is 0.438. The summed E-state index contributed by atoms with van der Waals surface area (Å²) in [5, 5.41) is 12.0. The van der Waals surface area contributed by atoms with Crippen molar-refractivity contribution in [3.05, 3.63) is 34.9 Å². The Balaban J connectivity index is 2.82. The highest BCUT2D eigenvalue weighted by atomic mass is 35.5. The number of halogens is 1. The van der Waals surface area contributed by atoms with E-state index in [1.165, 1.54) is 11.8 Å². The SMILES string of the molecule is CCN(CCC(=O)O)C(=O)CC(NC(C)=O)c1ccc(Cl)cc1. The predicted octanol–water partition coefficient (Wildman–Crippen LogP) is 2.23. The number of nitrogens with one attached hydrogen (secondary N) is 1. The van der Waals surface area contributed by atoms with Crippen LogP contribution in [0.5, 0.6) is 0 Å². The van der Waals surface area contributed by atoms with Gasteiger partial charge in [0.25, 0.3) is 0 Å². The van der Waals surface area contributed by atoms with Crippen LogP contribution >= 0.6 is 11.6 Å². The summed E-state index contributed by atoms with van der Waals surface area (Å²) >= 11 is 5.85. The van der Waals surface area contributed by atoms with Crippen LogP contribution in [0.1, 0.15) is 38.3 Å². The quantitative estimate of drug-likeness (QED) is 0.759. The molecule has 0 saturated carbocycles. The Kier molecular flexibility index (Phi) is 7.54. The summed E-state index contributed by atoms with van der Waals surface area (Å²) in [6.07, 6.45) is -0.0417. The molecule has 0 heterocycles. The molecule has 6 nitrogen and oxygen atoms in total. The van der Waals surface area contributed by atoms with Crippen molar-refractivity contribution in [1.29, 1.82) is 0 Å². The van der Waals surface area contributed by atoms with E-state index in [0.29, 0.717) is 11.6 Å². The van der Waals surface area contributed by atoms with Crippen LogP contribution in [-0.2, 0) is 14.4 Å². The number of carbonyl (C=O) groups excluding carboxylic acids is 2. The monoisotopic (exact) mass is 340 g/mol. The van der Waals surface area contributed by atoms with Gasteiger partial charge in [0.15, 0.2) is 0 Å². The lowest BCUT2D eigenvalue weighted by atomic mass is 10.0. The van der Waals surface area contributed by atoms with E-state index < -0.39 is 12.0 Å². The Hall–Kier alpha value is -2.08. The first-order chi connectivity index (χ1) is 10.8. The van der Waals surface area contributed by atoms with Gasteiger partial charge in [0.05, 0.1) is 18.9 Å². The van der Waals surface area contributed by atoms with Gasteiger partial charge in [-0.15, -0.1) is 0 Å². The molecule has 1 rings (SSSR count). The Morgan fingerprint density at radius 3 is 2.35 bits per heavy atom. The largest absolute Gasteiger partial charge is 0.481 e. The van der Waals surface area contributed by atoms with Gasteiger partial charge in [-0.1, -0.05) is 23.7 Å². The molecule has 0 spiro atoms. The molecule has 0 aliphatic carbocycles. The molecule has 0 radical (unpaired) electrons. The van der Waals surface area contributed by atoms with Crippen molar-refractivity contribution in [3.63, 3.8) is 0 Å². The van der Waals surface area contributed by atoms with E-state index in [2.05, 4.69) is 5.32 Å². The lowest BCUT2D eigenvalue weighted by molar-refractivity contribution is -0.138. The van der Waals surface area contributed by atoms with E-state index in [0.717, 1.165) is 5.56 Å². The molecule has 2 amide bonds. The number of rotatable bonds is 8. The number of hydrogen-bond acceptors (Lipinski definition) is 3. The Morgan fingerprint density at radius 2 is 1.87 bits per heavy atom. The summed E-state index contributed by atoms with van der Waals surface area (Å²) in [6, 6.07) is 6.42. The second-order valence-electron chi connectivity index (χ2n) is 5.13. The van der Waals surface area contributed by atoms with Gasteiger partial charge in [-0.3, -0.25) is 14.4 Å². The molecule has 23 heavy (non-hydrogen) atoms. The molecule has 1 aromatic rings. The number of benzene rings is 1. The molecule has 126 valence electrons. The Labute approximate surface area is 140 Å². The average molecular weight is 341 g/mol. The van der Waals surface area contributed by atoms with Gasteiger partial charge in [0, 0.05) is 25.0 Å². The second kappa shape index (κ2) is 9.15. The predicted molar refractivity (Wildman–Crippen MR) is 87.1 cm³/mol. The number of aliphatic carboxylic acids is 1. The molecule has 2 N–H and O–H groups in total. The standard InChI is InChI=1S/C16H21ClN2O4/c1-3-19(9-8-16(22)23)15(21)10-14(18-11(2)20)12-4-6-13(17)7-5-12/h4-7,14H,3,8-10H2,1-2H3,(H,18,20)(H,22,23). The van der Waals surface area contributed by atoms with E-state index in [4.69, 9.17) is 16.7 Å². The van der Waals surface area contributed by atoms with Crippen LogP contribution in [0.2, 0.25) is 5.02 Å². The molecule has 0 bridgehead atoms. The van der Waals surface area contributed by atoms with Crippen LogP contribution in [0, 0.1) is 0 Å². The van der Waals surface area contributed by atoms with Crippen molar-refractivity contribution in [1.82, 2.24) is 10.2 Å². The maximum absolute atomic E-state index is 12.4. The van der Waals surface area contributed by atoms with Crippen molar-refractivity contribution in [3.8, 4) is 0 Å². The summed E-state index contributed by atoms with van der Waals surface area (Å²) < 4.78 is 0. The van der Waals surface area contributed by atoms with Gasteiger partial charge < -0.3 is 15.3 Å². The second-order valence-corrected chi connectivity index (χ2v) is 5.56. The van der Waals surface area contributed by atoms with E-state index in [-0.39, 0.29) is 31.2 Å². The summed E-state index contributed by atoms with van der Waals surface area (Å²) in [7, 11) is 0. The Morgan fingerprint density at radius 1 is 1.26 bits per heavy atom. The third-order valence-corrected chi connectivity index (χ3v) is 3.61. The first-order valence-electron chi connectivity index (χ1n) is 7.35. The molecular formula is C16H21ClN2O4. The zero-order valence-electron chi connectivity index (χ0n) is 13.2. The smallest absolute Gasteiger partial charge is 0.305 e. The normalized spacial score (nSPS) is 11.6. The van der Waals surface area contributed by atoms with Gasteiger partial charge in [-0.05, 0) is 24.6 Å². The lowest BCUT2D eigenvalue weighted by Gasteiger charge is -2.24. The highest BCUT2D eigenvalue weighted by Gasteiger charge is 2.21. The van der Waals surface area contributed by atoms with Gasteiger partial charge in [0.1, 0.15) is 0 Å². The zero-order valence-corrected chi connectivity index (χ0v) is 14.0. The first-order valence-corrected chi connectivity index (χ1v) is 7.73. The van der Waals surface area contributed by atoms with Crippen LogP contribution in [0.15, 0.2) is 24.3 Å². The first kappa shape index (κ1) is 19.0. The molecule has 0 aliphatic rings. The highest BCUT2D eigenvalue weighted by Crippen LogP contribution is 2.20. The van der Waals surface area contributed by atoms with Crippen LogP contribution < -0.4 is 5.32 Å². The fourth-order valence-electron chi connectivity index (χ4n) is 2.19. The van der Waals surface area contributed by atoms with Crippen LogP contribution in [0.3, 0.4) is 0 Å². The minimum absolute atomic E-state index is 0.0642. The van der Waals surface area contributed by atoms with E-state index in [9.17, 15) is 14.4 Å². The highest BCUT2D eigenvalue weighted by molar-refractivity contribution is 6.30. The average Bonchev–Trinajstić information content (AvgIpc) is 2.47. The molecule has 0 saturated heterocycles. The fourth-order valence-corrected chi connectivity index (χ4v) is 2.31. The number of carbonyl (C=O) groups is 3. The van der Waals surface area contributed by atoms with Gasteiger partial charge in [0.2, 0.25) is 11.8 Å². The van der Waals surface area contributed by atoms with Crippen molar-refractivity contribution >= 4 is 29.4 Å². The third-order valence-electron chi connectivity index (χ3n) is 3.36. The number of carboxylic acids is 1. The summed E-state index contributed by atoms with van der Waals surface area (Å²) in [4.78, 5) is 35.9. The van der Waals surface area contributed by atoms with Crippen molar-refractivity contribution < 1.29 is 19.5 Å². The van der Waals surface area contributed by atoms with Gasteiger partial charge in [-0.2, -0.15) is 0 Å². The lowest BCUT2D eigenvalue weighted by Crippen LogP contribution is -2.37. The van der Waals surface area contributed by atoms with E-state index in [1.807, 2.05) is 0 Å². The van der Waals surface area contributed by atoms with Crippen molar-refractivity contribution in [2.24, 2.45) is 0 Å². The number of nitrogens with zero attached hydrogens (tertiary/aromatic N) is 1. The van der Waals surface area contributed by atoms with E-state index >= 15 is 0 Å².